The topological polar surface area (TPSA) is 67.8 Å². The van der Waals surface area contributed by atoms with E-state index >= 15 is 0 Å². The molecule has 0 aliphatic heterocycles. The fraction of sp³-hybridized carbons (Fsp3) is 0.176. The van der Waals surface area contributed by atoms with E-state index in [0.717, 1.165) is 28.2 Å². The maximum atomic E-state index is 12.1. The average molecular weight is 324 g/mol. The fourth-order valence-electron chi connectivity index (χ4n) is 2.52. The number of carbonyl (C=O) groups excluding carboxylic acids is 1. The molecular weight excluding hydrogens is 308 g/mol. The van der Waals surface area contributed by atoms with Crippen LogP contribution in [0, 0.1) is 20.8 Å². The molecular formula is C17H16N4OS. The third-order valence-corrected chi connectivity index (χ3v) is 4.19. The van der Waals surface area contributed by atoms with Gasteiger partial charge in [-0.3, -0.25) is 20.1 Å². The fourth-order valence-corrected chi connectivity index (χ4v) is 3.22. The average Bonchev–Trinajstić information content (AvgIpc) is 2.95. The van der Waals surface area contributed by atoms with Crippen molar-refractivity contribution in [2.75, 3.05) is 5.32 Å². The van der Waals surface area contributed by atoms with Crippen molar-refractivity contribution in [2.24, 2.45) is 0 Å². The molecule has 0 bridgehead atoms. The minimum absolute atomic E-state index is 0.213. The van der Waals surface area contributed by atoms with Crippen LogP contribution in [0.3, 0.4) is 0 Å². The molecule has 0 spiro atoms. The number of nitrogens with one attached hydrogen (secondary N) is 1. The van der Waals surface area contributed by atoms with Gasteiger partial charge in [-0.05, 0) is 44.5 Å². The van der Waals surface area contributed by atoms with Gasteiger partial charge in [-0.2, -0.15) is 0 Å². The van der Waals surface area contributed by atoms with Gasteiger partial charge in [0.25, 0.3) is 5.91 Å². The number of anilines is 1. The number of nitrogens with zero attached hydrogens (tertiary/aromatic N) is 3. The van der Waals surface area contributed by atoms with Crippen LogP contribution in [0.1, 0.15) is 27.3 Å². The summed E-state index contributed by atoms with van der Waals surface area (Å²) in [5.41, 5.74) is 5.42. The first-order valence-corrected chi connectivity index (χ1v) is 8.04. The highest BCUT2D eigenvalue weighted by atomic mass is 32.1. The highest BCUT2D eigenvalue weighted by Crippen LogP contribution is 2.29. The van der Waals surface area contributed by atoms with E-state index < -0.39 is 0 Å². The minimum Gasteiger partial charge on any atom is -0.298 e. The van der Waals surface area contributed by atoms with Gasteiger partial charge in [-0.25, -0.2) is 4.98 Å². The summed E-state index contributed by atoms with van der Waals surface area (Å²) in [6.45, 7) is 6.00. The zero-order valence-corrected chi connectivity index (χ0v) is 13.9. The normalized spacial score (nSPS) is 10.6. The summed E-state index contributed by atoms with van der Waals surface area (Å²) >= 11 is 1.40. The second kappa shape index (κ2) is 6.26. The molecule has 116 valence electrons. The van der Waals surface area contributed by atoms with Crippen LogP contribution in [-0.4, -0.2) is 20.9 Å². The van der Waals surface area contributed by atoms with Gasteiger partial charge in [0, 0.05) is 34.7 Å². The van der Waals surface area contributed by atoms with Crippen LogP contribution in [0.25, 0.3) is 11.3 Å². The Hall–Kier alpha value is -2.60. The Labute approximate surface area is 138 Å². The largest absolute Gasteiger partial charge is 0.298 e. The summed E-state index contributed by atoms with van der Waals surface area (Å²) in [6.07, 6.45) is 3.16. The number of aryl methyl sites for hydroxylation is 3. The van der Waals surface area contributed by atoms with Gasteiger partial charge >= 0.3 is 0 Å². The predicted octanol–water partition coefficient (Wildman–Crippen LogP) is 3.78. The lowest BCUT2D eigenvalue weighted by Crippen LogP contribution is -2.11. The molecule has 1 N–H and O–H groups in total. The van der Waals surface area contributed by atoms with E-state index in [1.54, 1.807) is 18.3 Å². The van der Waals surface area contributed by atoms with Crippen molar-refractivity contribution >= 4 is 22.4 Å². The van der Waals surface area contributed by atoms with E-state index in [9.17, 15) is 4.79 Å². The van der Waals surface area contributed by atoms with Gasteiger partial charge < -0.3 is 0 Å². The molecule has 0 fully saturated rings. The molecule has 1 amide bonds. The molecule has 0 atom stereocenters. The molecule has 0 saturated carbocycles. The Morgan fingerprint density at radius 1 is 1.22 bits per heavy atom. The van der Waals surface area contributed by atoms with Gasteiger partial charge in [-0.15, -0.1) is 11.3 Å². The first kappa shape index (κ1) is 15.3. The van der Waals surface area contributed by atoms with Gasteiger partial charge in [0.1, 0.15) is 0 Å². The van der Waals surface area contributed by atoms with Gasteiger partial charge in [-0.1, -0.05) is 0 Å². The molecule has 3 rings (SSSR count). The van der Waals surface area contributed by atoms with Crippen molar-refractivity contribution < 1.29 is 4.79 Å². The van der Waals surface area contributed by atoms with Crippen LogP contribution in [0.5, 0.6) is 0 Å². The van der Waals surface area contributed by atoms with Crippen molar-refractivity contribution in [1.82, 2.24) is 15.0 Å². The van der Waals surface area contributed by atoms with E-state index in [2.05, 4.69) is 20.3 Å². The van der Waals surface area contributed by atoms with Crippen molar-refractivity contribution in [2.45, 2.75) is 20.8 Å². The first-order valence-electron chi connectivity index (χ1n) is 7.16. The summed E-state index contributed by atoms with van der Waals surface area (Å²) in [6, 6.07) is 5.48. The lowest BCUT2D eigenvalue weighted by molar-refractivity contribution is 0.102. The van der Waals surface area contributed by atoms with Crippen LogP contribution in [0.2, 0.25) is 0 Å². The van der Waals surface area contributed by atoms with Crippen molar-refractivity contribution in [3.8, 4) is 11.3 Å². The van der Waals surface area contributed by atoms with E-state index in [1.165, 1.54) is 17.5 Å². The molecule has 6 heteroatoms. The molecule has 0 aliphatic carbocycles. The first-order chi connectivity index (χ1) is 11.0. The Balaban J connectivity index is 1.86. The maximum Gasteiger partial charge on any atom is 0.259 e. The number of hydrogen-bond donors (Lipinski definition) is 1. The molecule has 3 aromatic rings. The standard InChI is InChI=1S/C17H16N4OS/c1-10-7-11(2)19-12(3)15(10)14-9-23-17(20-14)21-16(22)13-5-4-6-18-8-13/h4-9H,1-3H3,(H,20,21,22). The minimum atomic E-state index is -0.213. The molecule has 0 saturated heterocycles. The van der Waals surface area contributed by atoms with E-state index in [0.29, 0.717) is 10.7 Å². The summed E-state index contributed by atoms with van der Waals surface area (Å²) in [4.78, 5) is 25.1. The monoisotopic (exact) mass is 324 g/mol. The molecule has 23 heavy (non-hydrogen) atoms. The molecule has 0 aromatic carbocycles. The molecule has 0 aliphatic rings. The SMILES string of the molecule is Cc1cc(C)c(-c2csc(NC(=O)c3cccnc3)n2)c(C)n1. The van der Waals surface area contributed by atoms with Gasteiger partial charge in [0.05, 0.1) is 11.3 Å². The third-order valence-electron chi connectivity index (χ3n) is 3.43. The summed E-state index contributed by atoms with van der Waals surface area (Å²) < 4.78 is 0. The molecule has 3 heterocycles. The Bertz CT molecular complexity index is 835. The van der Waals surface area contributed by atoms with Crippen LogP contribution in [0.15, 0.2) is 36.0 Å². The van der Waals surface area contributed by atoms with Crippen LogP contribution >= 0.6 is 11.3 Å². The number of hydrogen-bond acceptors (Lipinski definition) is 5. The smallest absolute Gasteiger partial charge is 0.259 e. The van der Waals surface area contributed by atoms with Crippen molar-refractivity contribution in [3.63, 3.8) is 0 Å². The number of carbonyl (C=O) groups is 1. The zero-order chi connectivity index (χ0) is 16.4. The lowest BCUT2D eigenvalue weighted by Gasteiger charge is -2.07. The third kappa shape index (κ3) is 3.27. The highest BCUT2D eigenvalue weighted by Gasteiger charge is 2.13. The summed E-state index contributed by atoms with van der Waals surface area (Å²) in [5, 5.41) is 5.31. The number of amides is 1. The second-order valence-electron chi connectivity index (χ2n) is 5.27. The summed E-state index contributed by atoms with van der Waals surface area (Å²) in [7, 11) is 0. The van der Waals surface area contributed by atoms with Crippen LogP contribution in [0.4, 0.5) is 5.13 Å². The van der Waals surface area contributed by atoms with E-state index in [4.69, 9.17) is 0 Å². The number of thiazole rings is 1. The highest BCUT2D eigenvalue weighted by molar-refractivity contribution is 7.14. The van der Waals surface area contributed by atoms with Gasteiger partial charge in [0.2, 0.25) is 0 Å². The quantitative estimate of drug-likeness (QED) is 0.796. The Morgan fingerprint density at radius 3 is 2.74 bits per heavy atom. The molecule has 3 aromatic heterocycles. The second-order valence-corrected chi connectivity index (χ2v) is 6.13. The number of pyridine rings is 2. The Kier molecular flexibility index (Phi) is 4.16. The van der Waals surface area contributed by atoms with E-state index in [-0.39, 0.29) is 5.91 Å². The maximum absolute atomic E-state index is 12.1. The van der Waals surface area contributed by atoms with Crippen LogP contribution in [-0.2, 0) is 0 Å². The number of aromatic nitrogens is 3. The molecule has 0 unspecified atom stereocenters. The summed E-state index contributed by atoms with van der Waals surface area (Å²) in [5.74, 6) is -0.213. The zero-order valence-electron chi connectivity index (χ0n) is 13.1. The van der Waals surface area contributed by atoms with Crippen LogP contribution < -0.4 is 5.32 Å². The Morgan fingerprint density at radius 2 is 2.04 bits per heavy atom. The number of rotatable bonds is 3. The van der Waals surface area contributed by atoms with E-state index in [1.807, 2.05) is 32.2 Å². The molecule has 0 radical (unpaired) electrons. The molecule has 5 nitrogen and oxygen atoms in total. The van der Waals surface area contributed by atoms with Crippen molar-refractivity contribution in [1.29, 1.82) is 0 Å². The van der Waals surface area contributed by atoms with Crippen molar-refractivity contribution in [3.05, 3.63) is 58.5 Å². The lowest BCUT2D eigenvalue weighted by atomic mass is 10.0. The van der Waals surface area contributed by atoms with Gasteiger partial charge in [0.15, 0.2) is 5.13 Å². The predicted molar refractivity (Wildman–Crippen MR) is 91.7 cm³/mol.